The van der Waals surface area contributed by atoms with Crippen molar-refractivity contribution in [1.82, 2.24) is 9.38 Å². The first-order valence-electron chi connectivity index (χ1n) is 7.80. The molecule has 0 aromatic carbocycles. The fourth-order valence-electron chi connectivity index (χ4n) is 2.46. The molecule has 2 aromatic heterocycles. The van der Waals surface area contributed by atoms with Gasteiger partial charge < -0.3 is 9.72 Å². The van der Waals surface area contributed by atoms with Gasteiger partial charge in [0.2, 0.25) is 5.91 Å². The summed E-state index contributed by atoms with van der Waals surface area (Å²) < 4.78 is 79.1. The van der Waals surface area contributed by atoms with E-state index >= 15 is 0 Å². The number of carbonyl (C=O) groups is 1. The lowest BCUT2D eigenvalue weighted by Gasteiger charge is -2.26. The fraction of sp³-hybridized carbons (Fsp3) is 0.500. The van der Waals surface area contributed by atoms with Gasteiger partial charge in [0.05, 0.1) is 11.3 Å². The van der Waals surface area contributed by atoms with Crippen molar-refractivity contribution in [3.63, 3.8) is 0 Å². The third-order valence-corrected chi connectivity index (χ3v) is 4.46. The lowest BCUT2D eigenvalue weighted by atomic mass is 9.91. The highest BCUT2D eigenvalue weighted by Gasteiger charge is 2.53. The number of nitrogens with zero attached hydrogens (tertiary/aromatic N) is 2. The Kier molecular flexibility index (Phi) is 4.00. The first-order valence-corrected chi connectivity index (χ1v) is 7.80. The zero-order chi connectivity index (χ0) is 19.5. The minimum Gasteiger partial charge on any atom is -0.308 e. The first kappa shape index (κ1) is 18.5. The van der Waals surface area contributed by atoms with Crippen LogP contribution in [0.2, 0.25) is 0 Å². The third kappa shape index (κ3) is 3.12. The van der Waals surface area contributed by atoms with Crippen LogP contribution in [0, 0.1) is 5.41 Å². The summed E-state index contributed by atoms with van der Waals surface area (Å²) >= 11 is 0. The van der Waals surface area contributed by atoms with E-state index in [1.54, 1.807) is 0 Å². The summed E-state index contributed by atoms with van der Waals surface area (Å²) in [5, 5.41) is 2.15. The van der Waals surface area contributed by atoms with Gasteiger partial charge >= 0.3 is 12.4 Å². The minimum atomic E-state index is -4.78. The van der Waals surface area contributed by atoms with Gasteiger partial charge in [-0.25, -0.2) is 4.98 Å². The molecule has 1 fully saturated rings. The Labute approximate surface area is 144 Å². The van der Waals surface area contributed by atoms with Gasteiger partial charge in [-0.2, -0.15) is 26.3 Å². The molecule has 0 unspecified atom stereocenters. The van der Waals surface area contributed by atoms with E-state index in [0.717, 1.165) is 32.2 Å². The molecule has 1 aliphatic rings. The summed E-state index contributed by atoms with van der Waals surface area (Å²) in [6.45, 7) is 1.47. The van der Waals surface area contributed by atoms with Crippen molar-refractivity contribution in [2.24, 2.45) is 5.41 Å². The maximum Gasteiger partial charge on any atom is 0.417 e. The van der Waals surface area contributed by atoms with Crippen LogP contribution in [0.25, 0.3) is 5.65 Å². The van der Waals surface area contributed by atoms with Gasteiger partial charge in [0.15, 0.2) is 5.82 Å². The molecule has 0 atom stereocenters. The molecule has 0 spiro atoms. The molecule has 0 saturated heterocycles. The third-order valence-electron chi connectivity index (χ3n) is 4.46. The van der Waals surface area contributed by atoms with Gasteiger partial charge in [0.1, 0.15) is 11.1 Å². The molecule has 0 bridgehead atoms. The number of amides is 1. The molecule has 0 radical (unpaired) electrons. The number of pyridine rings is 1. The second kappa shape index (κ2) is 5.62. The summed E-state index contributed by atoms with van der Waals surface area (Å²) in [4.78, 5) is 16.1. The molecule has 26 heavy (non-hydrogen) atoms. The van der Waals surface area contributed by atoms with Crippen LogP contribution in [0.1, 0.15) is 43.9 Å². The minimum absolute atomic E-state index is 0.125. The number of fused-ring (bicyclic) bond motifs is 1. The highest BCUT2D eigenvalue weighted by atomic mass is 19.4. The van der Waals surface area contributed by atoms with Crippen LogP contribution in [0.5, 0.6) is 0 Å². The van der Waals surface area contributed by atoms with Crippen LogP contribution in [0.3, 0.4) is 0 Å². The van der Waals surface area contributed by atoms with Crippen molar-refractivity contribution in [3.05, 3.63) is 29.6 Å². The molecular formula is C16H15F6N3O. The Morgan fingerprint density at radius 3 is 2.27 bits per heavy atom. The van der Waals surface area contributed by atoms with Crippen molar-refractivity contribution in [2.75, 3.05) is 5.32 Å². The lowest BCUT2D eigenvalue weighted by molar-refractivity contribution is -0.208. The van der Waals surface area contributed by atoms with Crippen LogP contribution in [0.4, 0.5) is 32.2 Å². The summed E-state index contributed by atoms with van der Waals surface area (Å²) in [5.41, 5.74) is -3.16. The molecule has 3 rings (SSSR count). The van der Waals surface area contributed by atoms with Crippen molar-refractivity contribution < 1.29 is 31.1 Å². The van der Waals surface area contributed by atoms with E-state index in [0.29, 0.717) is 12.8 Å². The van der Waals surface area contributed by atoms with Gasteiger partial charge in [-0.3, -0.25) is 4.79 Å². The number of hydrogen-bond acceptors (Lipinski definition) is 2. The number of nitrogens with one attached hydrogen (secondary N) is 1. The highest BCUT2D eigenvalue weighted by Crippen LogP contribution is 2.45. The van der Waals surface area contributed by atoms with E-state index in [-0.39, 0.29) is 23.1 Å². The van der Waals surface area contributed by atoms with Gasteiger partial charge in [0.25, 0.3) is 0 Å². The molecule has 0 aliphatic heterocycles. The number of rotatable bonds is 3. The van der Waals surface area contributed by atoms with Crippen molar-refractivity contribution in [3.8, 4) is 0 Å². The number of halogens is 6. The molecule has 1 amide bonds. The van der Waals surface area contributed by atoms with Crippen molar-refractivity contribution in [2.45, 2.75) is 45.0 Å². The molecule has 2 aromatic rings. The van der Waals surface area contributed by atoms with Crippen LogP contribution in [-0.2, 0) is 11.0 Å². The summed E-state index contributed by atoms with van der Waals surface area (Å²) in [7, 11) is 0. The van der Waals surface area contributed by atoms with Crippen molar-refractivity contribution in [1.29, 1.82) is 0 Å². The Hall–Kier alpha value is -2.26. The van der Waals surface area contributed by atoms with Crippen LogP contribution in [0.15, 0.2) is 18.3 Å². The van der Waals surface area contributed by atoms with Crippen LogP contribution in [-0.4, -0.2) is 21.5 Å². The Morgan fingerprint density at radius 2 is 1.77 bits per heavy atom. The van der Waals surface area contributed by atoms with E-state index in [1.807, 2.05) is 0 Å². The smallest absolute Gasteiger partial charge is 0.308 e. The molecule has 142 valence electrons. The Morgan fingerprint density at radius 1 is 1.15 bits per heavy atom. The molecule has 4 nitrogen and oxygen atoms in total. The summed E-state index contributed by atoms with van der Waals surface area (Å²) in [5.74, 6) is -1.60. The van der Waals surface area contributed by atoms with E-state index < -0.39 is 29.2 Å². The number of aromatic nitrogens is 2. The molecular weight excluding hydrogens is 364 g/mol. The number of alkyl halides is 6. The number of carbonyl (C=O) groups excluding carboxylic acids is 1. The summed E-state index contributed by atoms with van der Waals surface area (Å²) in [6, 6.07) is 1.96. The maximum absolute atomic E-state index is 13.0. The molecule has 1 aliphatic carbocycles. The molecule has 10 heteroatoms. The predicted octanol–water partition coefficient (Wildman–Crippen LogP) is 4.76. The largest absolute Gasteiger partial charge is 0.417 e. The second-order valence-corrected chi connectivity index (χ2v) is 6.84. The molecule has 1 saturated carbocycles. The van der Waals surface area contributed by atoms with Crippen LogP contribution < -0.4 is 5.32 Å². The first-order chi connectivity index (χ1) is 11.8. The standard InChI is InChI=1S/C16H15F6N3O/c1-14(2,16(20,21)22)13(26)24-12-11(8-3-4-8)25-7-9(15(17,18)19)5-6-10(25)23-12/h5-8H,3-4H2,1-2H3,(H,24,26). The quantitative estimate of drug-likeness (QED) is 0.782. The zero-order valence-electron chi connectivity index (χ0n) is 13.8. The fourth-order valence-corrected chi connectivity index (χ4v) is 2.46. The Bertz CT molecular complexity index is 861. The molecule has 2 heterocycles. The van der Waals surface area contributed by atoms with Gasteiger partial charge in [-0.1, -0.05) is 0 Å². The number of imidazole rings is 1. The second-order valence-electron chi connectivity index (χ2n) is 6.84. The van der Waals surface area contributed by atoms with E-state index in [2.05, 4.69) is 10.3 Å². The predicted molar refractivity (Wildman–Crippen MR) is 80.6 cm³/mol. The molecule has 1 N–H and O–H groups in total. The van der Waals surface area contributed by atoms with E-state index in [1.165, 1.54) is 4.40 Å². The average molecular weight is 379 g/mol. The highest BCUT2D eigenvalue weighted by molar-refractivity contribution is 5.95. The van der Waals surface area contributed by atoms with Crippen molar-refractivity contribution >= 4 is 17.4 Å². The van der Waals surface area contributed by atoms with E-state index in [9.17, 15) is 31.1 Å². The normalized spacial score (nSPS) is 16.2. The van der Waals surface area contributed by atoms with Gasteiger partial charge in [-0.15, -0.1) is 0 Å². The van der Waals surface area contributed by atoms with Gasteiger partial charge in [0, 0.05) is 12.1 Å². The monoisotopic (exact) mass is 379 g/mol. The van der Waals surface area contributed by atoms with E-state index in [4.69, 9.17) is 0 Å². The average Bonchev–Trinajstić information content (AvgIpc) is 3.25. The number of hydrogen-bond donors (Lipinski definition) is 1. The lowest BCUT2D eigenvalue weighted by Crippen LogP contribution is -2.43. The zero-order valence-corrected chi connectivity index (χ0v) is 13.8. The maximum atomic E-state index is 13.0. The summed E-state index contributed by atoms with van der Waals surface area (Å²) in [6.07, 6.45) is -7.17. The van der Waals surface area contributed by atoms with Gasteiger partial charge in [-0.05, 0) is 38.8 Å². The SMILES string of the molecule is CC(C)(C(=O)Nc1nc2ccc(C(F)(F)F)cn2c1C1CC1)C(F)(F)F. The van der Waals surface area contributed by atoms with Crippen LogP contribution >= 0.6 is 0 Å². The number of anilines is 1. The Balaban J connectivity index is 2.04. The topological polar surface area (TPSA) is 46.4 Å².